The van der Waals surface area contributed by atoms with E-state index >= 15 is 0 Å². The number of nitriles is 1. The van der Waals surface area contributed by atoms with E-state index < -0.39 is 0 Å². The first-order valence-electron chi connectivity index (χ1n) is 7.59. The lowest BCUT2D eigenvalue weighted by atomic mass is 10.1. The largest absolute Gasteiger partial charge is 0.305 e. The smallest absolute Gasteiger partial charge is 0.192 e. The van der Waals surface area contributed by atoms with Gasteiger partial charge in [-0.05, 0) is 31.0 Å². The van der Waals surface area contributed by atoms with Crippen LogP contribution in [0.2, 0.25) is 0 Å². The Kier molecular flexibility index (Phi) is 4.92. The molecule has 1 atom stereocenters. The number of aromatic nitrogens is 4. The number of hydrogen-bond acceptors (Lipinski definition) is 5. The van der Waals surface area contributed by atoms with E-state index in [1.807, 2.05) is 23.7 Å². The van der Waals surface area contributed by atoms with Crippen molar-refractivity contribution < 1.29 is 0 Å². The van der Waals surface area contributed by atoms with Crippen LogP contribution in [0.1, 0.15) is 11.1 Å². The number of pyridine rings is 1. The molecule has 0 unspecified atom stereocenters. The molecule has 0 fully saturated rings. The topological polar surface area (TPSA) is 67.4 Å². The Hall–Kier alpha value is -2.65. The molecule has 0 aliphatic carbocycles. The number of hydrogen-bond donors (Lipinski definition) is 0. The van der Waals surface area contributed by atoms with Gasteiger partial charge in [-0.2, -0.15) is 5.26 Å². The molecule has 24 heavy (non-hydrogen) atoms. The van der Waals surface area contributed by atoms with Crippen LogP contribution in [0.5, 0.6) is 0 Å². The highest BCUT2D eigenvalue weighted by Gasteiger charge is 2.17. The molecule has 0 bridgehead atoms. The SMILES string of the molecule is Cc1ccc(C[C@@H](C#N)Sc2nnc(-c3ccncc3)n2C)cc1. The van der Waals surface area contributed by atoms with Crippen LogP contribution in [0, 0.1) is 18.3 Å². The van der Waals surface area contributed by atoms with Crippen LogP contribution in [0.3, 0.4) is 0 Å². The van der Waals surface area contributed by atoms with Gasteiger partial charge in [0, 0.05) is 25.0 Å². The maximum Gasteiger partial charge on any atom is 0.192 e. The van der Waals surface area contributed by atoms with Crippen LogP contribution in [0.4, 0.5) is 0 Å². The molecule has 120 valence electrons. The summed E-state index contributed by atoms with van der Waals surface area (Å²) in [6.45, 7) is 2.06. The van der Waals surface area contributed by atoms with E-state index in [4.69, 9.17) is 0 Å². The second kappa shape index (κ2) is 7.28. The van der Waals surface area contributed by atoms with Crippen LogP contribution in [-0.2, 0) is 13.5 Å². The summed E-state index contributed by atoms with van der Waals surface area (Å²) in [7, 11) is 1.92. The minimum Gasteiger partial charge on any atom is -0.305 e. The van der Waals surface area contributed by atoms with Gasteiger partial charge < -0.3 is 4.57 Å². The summed E-state index contributed by atoms with van der Waals surface area (Å²) in [6, 6.07) is 14.4. The van der Waals surface area contributed by atoms with E-state index in [1.165, 1.54) is 17.3 Å². The standard InChI is InChI=1S/C18H17N5S/c1-13-3-5-14(6-4-13)11-16(12-19)24-18-22-21-17(23(18)2)15-7-9-20-10-8-15/h3-10,16H,11H2,1-2H3/t16-/m0/s1. The lowest BCUT2D eigenvalue weighted by molar-refractivity contribution is 0.790. The van der Waals surface area contributed by atoms with Gasteiger partial charge >= 0.3 is 0 Å². The van der Waals surface area contributed by atoms with E-state index in [0.717, 1.165) is 22.1 Å². The first-order valence-corrected chi connectivity index (χ1v) is 8.47. The second-order valence-corrected chi connectivity index (χ2v) is 6.70. The average Bonchev–Trinajstić information content (AvgIpc) is 2.97. The predicted octanol–water partition coefficient (Wildman–Crippen LogP) is 3.41. The van der Waals surface area contributed by atoms with Crippen LogP contribution in [0.15, 0.2) is 53.9 Å². The summed E-state index contributed by atoms with van der Waals surface area (Å²) in [5.74, 6) is 0.770. The fraction of sp³-hybridized carbons (Fsp3) is 0.222. The van der Waals surface area contributed by atoms with Crippen LogP contribution < -0.4 is 0 Å². The Morgan fingerprint density at radius 1 is 1.12 bits per heavy atom. The molecule has 6 heteroatoms. The maximum atomic E-state index is 9.48. The molecule has 5 nitrogen and oxygen atoms in total. The highest BCUT2D eigenvalue weighted by Crippen LogP contribution is 2.27. The van der Waals surface area contributed by atoms with Crippen LogP contribution >= 0.6 is 11.8 Å². The van der Waals surface area contributed by atoms with Gasteiger partial charge in [0.05, 0.1) is 6.07 Å². The number of benzene rings is 1. The van der Waals surface area contributed by atoms with Crippen LogP contribution in [0.25, 0.3) is 11.4 Å². The van der Waals surface area contributed by atoms with Crippen molar-refractivity contribution in [1.82, 2.24) is 19.7 Å². The molecule has 3 aromatic rings. The molecule has 0 aliphatic heterocycles. The van der Waals surface area contributed by atoms with Crippen molar-refractivity contribution in [2.24, 2.45) is 7.05 Å². The quantitative estimate of drug-likeness (QED) is 0.668. The van der Waals surface area contributed by atoms with Crippen molar-refractivity contribution >= 4 is 11.8 Å². The Morgan fingerprint density at radius 2 is 1.83 bits per heavy atom. The van der Waals surface area contributed by atoms with E-state index in [1.54, 1.807) is 12.4 Å². The predicted molar refractivity (Wildman–Crippen MR) is 94.4 cm³/mol. The Bertz CT molecular complexity index is 849. The Labute approximate surface area is 145 Å². The van der Waals surface area contributed by atoms with Crippen LogP contribution in [-0.4, -0.2) is 25.0 Å². The minimum absolute atomic E-state index is 0.208. The van der Waals surface area contributed by atoms with Gasteiger partial charge in [0.1, 0.15) is 5.25 Å². The van der Waals surface area contributed by atoms with Gasteiger partial charge in [-0.25, -0.2) is 0 Å². The van der Waals surface area contributed by atoms with Crippen molar-refractivity contribution in [3.05, 3.63) is 59.9 Å². The molecule has 0 aliphatic rings. The van der Waals surface area contributed by atoms with Crippen molar-refractivity contribution in [1.29, 1.82) is 5.26 Å². The average molecular weight is 335 g/mol. The molecule has 0 spiro atoms. The third-order valence-corrected chi connectivity index (χ3v) is 4.83. The summed E-state index contributed by atoms with van der Waals surface area (Å²) in [4.78, 5) is 4.02. The second-order valence-electron chi connectivity index (χ2n) is 5.53. The highest BCUT2D eigenvalue weighted by molar-refractivity contribution is 8.00. The van der Waals surface area contributed by atoms with Crippen molar-refractivity contribution in [3.8, 4) is 17.5 Å². The fourth-order valence-corrected chi connectivity index (χ4v) is 3.26. The van der Waals surface area contributed by atoms with E-state index in [2.05, 4.69) is 52.4 Å². The Balaban J connectivity index is 1.76. The lowest BCUT2D eigenvalue weighted by Gasteiger charge is -2.09. The molecule has 1 aromatic carbocycles. The maximum absolute atomic E-state index is 9.48. The summed E-state index contributed by atoms with van der Waals surface area (Å²) in [5, 5.41) is 18.5. The zero-order chi connectivity index (χ0) is 16.9. The van der Waals surface area contributed by atoms with E-state index in [0.29, 0.717) is 6.42 Å². The normalized spacial score (nSPS) is 11.9. The molecule has 2 heterocycles. The van der Waals surface area contributed by atoms with Gasteiger partial charge in [0.25, 0.3) is 0 Å². The molecular weight excluding hydrogens is 318 g/mol. The molecule has 2 aromatic heterocycles. The number of aryl methyl sites for hydroxylation is 1. The minimum atomic E-state index is -0.208. The molecule has 0 radical (unpaired) electrons. The van der Waals surface area contributed by atoms with Crippen molar-refractivity contribution in [2.45, 2.75) is 23.8 Å². The van der Waals surface area contributed by atoms with Crippen molar-refractivity contribution in [2.75, 3.05) is 0 Å². The summed E-state index contributed by atoms with van der Waals surface area (Å²) in [6.07, 6.45) is 4.14. The fourth-order valence-electron chi connectivity index (χ4n) is 2.35. The van der Waals surface area contributed by atoms with Gasteiger partial charge in [-0.15, -0.1) is 10.2 Å². The van der Waals surface area contributed by atoms with Gasteiger partial charge in [-0.3, -0.25) is 4.98 Å². The number of nitrogens with zero attached hydrogens (tertiary/aromatic N) is 5. The molecule has 0 N–H and O–H groups in total. The molecule has 3 rings (SSSR count). The zero-order valence-corrected chi connectivity index (χ0v) is 14.4. The molecule has 0 saturated heterocycles. The van der Waals surface area contributed by atoms with Gasteiger partial charge in [-0.1, -0.05) is 41.6 Å². The lowest BCUT2D eigenvalue weighted by Crippen LogP contribution is -2.06. The number of thioether (sulfide) groups is 1. The van der Waals surface area contributed by atoms with Crippen molar-refractivity contribution in [3.63, 3.8) is 0 Å². The van der Waals surface area contributed by atoms with Gasteiger partial charge in [0.2, 0.25) is 0 Å². The summed E-state index contributed by atoms with van der Waals surface area (Å²) in [5.41, 5.74) is 3.32. The zero-order valence-electron chi connectivity index (χ0n) is 13.5. The van der Waals surface area contributed by atoms with E-state index in [9.17, 15) is 5.26 Å². The summed E-state index contributed by atoms with van der Waals surface area (Å²) >= 11 is 1.44. The Morgan fingerprint density at radius 3 is 2.50 bits per heavy atom. The third kappa shape index (κ3) is 3.63. The molecular formula is C18H17N5S. The molecule has 0 amide bonds. The monoisotopic (exact) mass is 335 g/mol. The third-order valence-electron chi connectivity index (χ3n) is 3.71. The van der Waals surface area contributed by atoms with Gasteiger partial charge in [0.15, 0.2) is 11.0 Å². The highest BCUT2D eigenvalue weighted by atomic mass is 32.2. The summed E-state index contributed by atoms with van der Waals surface area (Å²) < 4.78 is 1.92. The number of rotatable bonds is 5. The first kappa shape index (κ1) is 16.2. The molecule has 0 saturated carbocycles. The van der Waals surface area contributed by atoms with E-state index in [-0.39, 0.29) is 5.25 Å². The first-order chi connectivity index (χ1) is 11.7.